The second kappa shape index (κ2) is 6.21. The molecule has 4 heterocycles. The van der Waals surface area contributed by atoms with Crippen LogP contribution >= 0.6 is 11.3 Å². The molecule has 4 aromatic carbocycles. The lowest BCUT2D eigenvalue weighted by atomic mass is 10.1. The molecule has 4 aromatic heterocycles. The molecule has 0 N–H and O–H groups in total. The summed E-state index contributed by atoms with van der Waals surface area (Å²) in [7, 11) is 0. The molecule has 0 atom stereocenters. The number of aromatic nitrogens is 2. The Morgan fingerprint density at radius 2 is 1.52 bits per heavy atom. The lowest BCUT2D eigenvalue weighted by Crippen LogP contribution is -1.94. The van der Waals surface area contributed by atoms with Gasteiger partial charge in [0.25, 0.3) is 0 Å². The Morgan fingerprint density at radius 1 is 0.667 bits per heavy atom. The maximum Gasteiger partial charge on any atom is 0.159 e. The van der Waals surface area contributed by atoms with E-state index >= 15 is 0 Å². The molecular formula is C29H16N2OS. The Balaban J connectivity index is 1.59. The van der Waals surface area contributed by atoms with Crippen LogP contribution in [0.2, 0.25) is 0 Å². The first-order chi connectivity index (χ1) is 16.4. The van der Waals surface area contributed by atoms with Gasteiger partial charge in [-0.2, -0.15) is 0 Å². The number of nitrogens with zero attached hydrogens (tertiary/aromatic N) is 2. The largest absolute Gasteiger partial charge is 0.454 e. The highest BCUT2D eigenvalue weighted by Gasteiger charge is 2.20. The van der Waals surface area contributed by atoms with Gasteiger partial charge in [-0.15, -0.1) is 11.3 Å². The number of pyridine rings is 1. The van der Waals surface area contributed by atoms with Gasteiger partial charge in [-0.05, 0) is 36.4 Å². The van der Waals surface area contributed by atoms with Gasteiger partial charge >= 0.3 is 0 Å². The summed E-state index contributed by atoms with van der Waals surface area (Å²) in [6, 6.07) is 31.9. The topological polar surface area (TPSA) is 31.0 Å². The average molecular weight is 441 g/mol. The number of thiophene rings is 1. The molecule has 0 saturated heterocycles. The summed E-state index contributed by atoms with van der Waals surface area (Å²) in [4.78, 5) is 4.85. The first kappa shape index (κ1) is 17.4. The van der Waals surface area contributed by atoms with Gasteiger partial charge in [0.05, 0.1) is 22.2 Å². The summed E-state index contributed by atoms with van der Waals surface area (Å²) >= 11 is 1.85. The van der Waals surface area contributed by atoms with E-state index in [0.717, 1.165) is 44.2 Å². The van der Waals surface area contributed by atoms with Crippen molar-refractivity contribution in [1.29, 1.82) is 0 Å². The number of para-hydroxylation sites is 2. The normalized spacial score (nSPS) is 12.2. The minimum absolute atomic E-state index is 0.901. The fraction of sp³-hybridized carbons (Fsp3) is 0. The molecule has 8 aromatic rings. The molecule has 0 radical (unpaired) electrons. The zero-order chi connectivity index (χ0) is 21.5. The predicted octanol–water partition coefficient (Wildman–Crippen LogP) is 8.45. The Labute approximate surface area is 192 Å². The number of hydrogen-bond acceptors (Lipinski definition) is 3. The van der Waals surface area contributed by atoms with Crippen molar-refractivity contribution in [3.8, 4) is 5.69 Å². The number of fused-ring (bicyclic) bond motifs is 10. The lowest BCUT2D eigenvalue weighted by Gasteiger charge is -2.08. The molecule has 0 fully saturated rings. The molecule has 0 aliphatic carbocycles. The van der Waals surface area contributed by atoms with Crippen LogP contribution in [0.15, 0.2) is 102 Å². The fourth-order valence-electron chi connectivity index (χ4n) is 5.26. The van der Waals surface area contributed by atoms with Crippen LogP contribution in [0.3, 0.4) is 0 Å². The van der Waals surface area contributed by atoms with Crippen molar-refractivity contribution in [2.24, 2.45) is 0 Å². The van der Waals surface area contributed by atoms with Gasteiger partial charge in [-0.1, -0.05) is 54.6 Å². The number of benzene rings is 4. The SMILES string of the molecule is c1ccc2c(c1)oc1c(-n3c4cccnc4c4c5sc6ccccc6c5ccc43)cccc12. The monoisotopic (exact) mass is 440 g/mol. The van der Waals surface area contributed by atoms with Gasteiger partial charge in [0.15, 0.2) is 5.58 Å². The molecule has 0 amide bonds. The summed E-state index contributed by atoms with van der Waals surface area (Å²) in [5.74, 6) is 0. The smallest absolute Gasteiger partial charge is 0.159 e. The highest BCUT2D eigenvalue weighted by Crippen LogP contribution is 2.43. The van der Waals surface area contributed by atoms with E-state index in [1.54, 1.807) is 0 Å². The highest BCUT2D eigenvalue weighted by molar-refractivity contribution is 7.26. The van der Waals surface area contributed by atoms with Crippen LogP contribution in [0.4, 0.5) is 0 Å². The number of rotatable bonds is 1. The lowest BCUT2D eigenvalue weighted by molar-refractivity contribution is 0.666. The summed E-state index contributed by atoms with van der Waals surface area (Å²) in [5.41, 5.74) is 6.11. The molecule has 3 nitrogen and oxygen atoms in total. The van der Waals surface area contributed by atoms with Crippen molar-refractivity contribution in [1.82, 2.24) is 9.55 Å². The summed E-state index contributed by atoms with van der Waals surface area (Å²) in [6.07, 6.45) is 1.89. The van der Waals surface area contributed by atoms with E-state index in [4.69, 9.17) is 9.40 Å². The van der Waals surface area contributed by atoms with Gasteiger partial charge in [-0.25, -0.2) is 0 Å². The fourth-order valence-corrected chi connectivity index (χ4v) is 6.51. The van der Waals surface area contributed by atoms with Crippen molar-refractivity contribution in [3.05, 3.63) is 97.2 Å². The standard InChI is InChI=1S/C29H16N2OS/c1-3-12-24-17(7-1)19-9-5-10-23(28(19)32-24)31-21-15-14-20-18-8-2-4-13-25(18)33-29(20)26(21)27-22(31)11-6-16-30-27/h1-16H. The van der Waals surface area contributed by atoms with Crippen molar-refractivity contribution in [2.75, 3.05) is 0 Å². The van der Waals surface area contributed by atoms with E-state index in [1.807, 2.05) is 35.7 Å². The maximum absolute atomic E-state index is 6.40. The third-order valence-corrected chi connectivity index (χ3v) is 7.86. The first-order valence-corrected chi connectivity index (χ1v) is 11.8. The van der Waals surface area contributed by atoms with E-state index in [-0.39, 0.29) is 0 Å². The molecule has 4 heteroatoms. The molecule has 154 valence electrons. The number of furan rings is 1. The van der Waals surface area contributed by atoms with Gasteiger partial charge in [-0.3, -0.25) is 4.98 Å². The van der Waals surface area contributed by atoms with Crippen molar-refractivity contribution in [2.45, 2.75) is 0 Å². The molecule has 0 bridgehead atoms. The van der Waals surface area contributed by atoms with E-state index in [1.165, 1.54) is 25.6 Å². The van der Waals surface area contributed by atoms with E-state index < -0.39 is 0 Å². The van der Waals surface area contributed by atoms with Crippen LogP contribution in [-0.2, 0) is 0 Å². The summed E-state index contributed by atoms with van der Waals surface area (Å²) in [5, 5.41) is 6.06. The van der Waals surface area contributed by atoms with Gasteiger partial charge in [0.2, 0.25) is 0 Å². The van der Waals surface area contributed by atoms with Gasteiger partial charge in [0, 0.05) is 42.5 Å². The second-order valence-corrected chi connectivity index (χ2v) is 9.45. The van der Waals surface area contributed by atoms with Crippen LogP contribution in [0.25, 0.3) is 69.7 Å². The minimum Gasteiger partial charge on any atom is -0.454 e. The molecule has 0 saturated carbocycles. The maximum atomic E-state index is 6.40. The molecule has 8 rings (SSSR count). The molecule has 0 aliphatic heterocycles. The molecule has 33 heavy (non-hydrogen) atoms. The number of hydrogen-bond donors (Lipinski definition) is 0. The Bertz CT molecular complexity index is 2040. The van der Waals surface area contributed by atoms with Crippen LogP contribution < -0.4 is 0 Å². The Kier molecular flexibility index (Phi) is 3.28. The summed E-state index contributed by atoms with van der Waals surface area (Å²) < 4.78 is 11.3. The third-order valence-electron chi connectivity index (χ3n) is 6.65. The molecule has 0 spiro atoms. The third kappa shape index (κ3) is 2.21. The zero-order valence-corrected chi connectivity index (χ0v) is 18.3. The molecule has 0 unspecified atom stereocenters. The predicted molar refractivity (Wildman–Crippen MR) is 139 cm³/mol. The van der Waals surface area contributed by atoms with Crippen LogP contribution in [-0.4, -0.2) is 9.55 Å². The zero-order valence-electron chi connectivity index (χ0n) is 17.4. The highest BCUT2D eigenvalue weighted by atomic mass is 32.1. The average Bonchev–Trinajstić information content (AvgIpc) is 3.53. The van der Waals surface area contributed by atoms with Gasteiger partial charge in [0.1, 0.15) is 5.58 Å². The van der Waals surface area contributed by atoms with E-state index in [9.17, 15) is 0 Å². The summed E-state index contributed by atoms with van der Waals surface area (Å²) in [6.45, 7) is 0. The van der Waals surface area contributed by atoms with Crippen molar-refractivity contribution >= 4 is 75.4 Å². The molecular weight excluding hydrogens is 424 g/mol. The Hall–Kier alpha value is -4.15. The van der Waals surface area contributed by atoms with Crippen LogP contribution in [0.5, 0.6) is 0 Å². The van der Waals surface area contributed by atoms with Crippen molar-refractivity contribution < 1.29 is 4.42 Å². The van der Waals surface area contributed by atoms with Crippen LogP contribution in [0.1, 0.15) is 0 Å². The first-order valence-electron chi connectivity index (χ1n) is 11.0. The minimum atomic E-state index is 0.901. The Morgan fingerprint density at radius 3 is 2.48 bits per heavy atom. The van der Waals surface area contributed by atoms with E-state index in [0.29, 0.717) is 0 Å². The van der Waals surface area contributed by atoms with Gasteiger partial charge < -0.3 is 8.98 Å². The van der Waals surface area contributed by atoms with E-state index in [2.05, 4.69) is 77.4 Å². The quantitative estimate of drug-likeness (QED) is 0.256. The molecule has 0 aliphatic rings. The van der Waals surface area contributed by atoms with Crippen LogP contribution in [0, 0.1) is 0 Å². The second-order valence-electron chi connectivity index (χ2n) is 8.39. The van der Waals surface area contributed by atoms with Crippen molar-refractivity contribution in [3.63, 3.8) is 0 Å².